The molecule has 0 amide bonds. The average Bonchev–Trinajstić information content (AvgIpc) is 2.20. The summed E-state index contributed by atoms with van der Waals surface area (Å²) < 4.78 is 0. The standard InChI is InChI=1S/C12H12N2O2/c1-9-7-10(2)11(5-3-4-6-13)12(8-9)14(15)16/h3,5,7-8H,4H2,1-2H3. The smallest absolute Gasteiger partial charge is 0.258 e. The van der Waals surface area contributed by atoms with Crippen LogP contribution in [0.5, 0.6) is 0 Å². The van der Waals surface area contributed by atoms with Gasteiger partial charge in [0.05, 0.1) is 23.0 Å². The summed E-state index contributed by atoms with van der Waals surface area (Å²) in [6, 6.07) is 5.39. The maximum Gasteiger partial charge on any atom is 0.277 e. The van der Waals surface area contributed by atoms with Crippen LogP contribution in [0.25, 0.3) is 6.08 Å². The Labute approximate surface area is 94.0 Å². The molecule has 0 saturated carbocycles. The first-order valence-electron chi connectivity index (χ1n) is 4.85. The molecule has 0 atom stereocenters. The van der Waals surface area contributed by atoms with Crippen LogP contribution in [0.4, 0.5) is 5.69 Å². The number of allylic oxidation sites excluding steroid dienone is 1. The van der Waals surface area contributed by atoms with E-state index in [0.717, 1.165) is 11.1 Å². The van der Waals surface area contributed by atoms with Crippen LogP contribution in [0.15, 0.2) is 18.2 Å². The van der Waals surface area contributed by atoms with Gasteiger partial charge in [0.1, 0.15) is 0 Å². The SMILES string of the molecule is Cc1cc(C)c(C=CCC#N)c([N+](=O)[O-])c1. The number of hydrogen-bond donors (Lipinski definition) is 0. The molecule has 0 saturated heterocycles. The van der Waals surface area contributed by atoms with Gasteiger partial charge in [-0.1, -0.05) is 18.2 Å². The molecule has 0 unspecified atom stereocenters. The first-order chi connectivity index (χ1) is 7.56. The van der Waals surface area contributed by atoms with E-state index in [1.807, 2.05) is 26.0 Å². The van der Waals surface area contributed by atoms with E-state index in [9.17, 15) is 10.1 Å². The highest BCUT2D eigenvalue weighted by Gasteiger charge is 2.14. The van der Waals surface area contributed by atoms with Gasteiger partial charge in [-0.2, -0.15) is 5.26 Å². The van der Waals surface area contributed by atoms with Crippen molar-refractivity contribution >= 4 is 11.8 Å². The molecular weight excluding hydrogens is 204 g/mol. The van der Waals surface area contributed by atoms with Gasteiger partial charge in [0.25, 0.3) is 5.69 Å². The Morgan fingerprint density at radius 1 is 1.50 bits per heavy atom. The molecule has 0 bridgehead atoms. The van der Waals surface area contributed by atoms with Crippen molar-refractivity contribution in [1.29, 1.82) is 5.26 Å². The van der Waals surface area contributed by atoms with Gasteiger partial charge in [0.15, 0.2) is 0 Å². The molecule has 0 heterocycles. The second-order valence-electron chi connectivity index (χ2n) is 3.54. The van der Waals surface area contributed by atoms with Gasteiger partial charge in [-0.3, -0.25) is 10.1 Å². The van der Waals surface area contributed by atoms with Crippen LogP contribution in [-0.4, -0.2) is 4.92 Å². The van der Waals surface area contributed by atoms with Crippen molar-refractivity contribution in [1.82, 2.24) is 0 Å². The summed E-state index contributed by atoms with van der Waals surface area (Å²) in [5.41, 5.74) is 2.38. The Bertz CT molecular complexity index is 485. The Balaban J connectivity index is 3.25. The van der Waals surface area contributed by atoms with Gasteiger partial charge >= 0.3 is 0 Å². The molecule has 82 valence electrons. The lowest BCUT2D eigenvalue weighted by Crippen LogP contribution is -1.95. The minimum Gasteiger partial charge on any atom is -0.258 e. The van der Waals surface area contributed by atoms with E-state index in [2.05, 4.69) is 0 Å². The number of nitro benzene ring substituents is 1. The third-order valence-corrected chi connectivity index (χ3v) is 2.20. The molecule has 0 fully saturated rings. The third kappa shape index (κ3) is 2.67. The van der Waals surface area contributed by atoms with Gasteiger partial charge < -0.3 is 0 Å². The minimum absolute atomic E-state index is 0.0895. The number of hydrogen-bond acceptors (Lipinski definition) is 3. The van der Waals surface area contributed by atoms with Crippen LogP contribution in [0.3, 0.4) is 0 Å². The van der Waals surface area contributed by atoms with E-state index in [1.165, 1.54) is 0 Å². The number of aryl methyl sites for hydroxylation is 2. The summed E-state index contributed by atoms with van der Waals surface area (Å²) in [6.45, 7) is 3.65. The van der Waals surface area contributed by atoms with E-state index >= 15 is 0 Å². The molecule has 4 heteroatoms. The Morgan fingerprint density at radius 2 is 2.19 bits per heavy atom. The van der Waals surface area contributed by atoms with Gasteiger partial charge in [0, 0.05) is 6.07 Å². The summed E-state index contributed by atoms with van der Waals surface area (Å²) in [5, 5.41) is 19.3. The van der Waals surface area contributed by atoms with Crippen LogP contribution < -0.4 is 0 Å². The zero-order valence-electron chi connectivity index (χ0n) is 9.23. The quantitative estimate of drug-likeness (QED) is 0.575. The van der Waals surface area contributed by atoms with E-state index in [0.29, 0.717) is 5.56 Å². The topological polar surface area (TPSA) is 66.9 Å². The fourth-order valence-corrected chi connectivity index (χ4v) is 1.55. The van der Waals surface area contributed by atoms with E-state index < -0.39 is 4.92 Å². The molecule has 0 aliphatic heterocycles. The van der Waals surface area contributed by atoms with Crippen molar-refractivity contribution in [3.8, 4) is 6.07 Å². The number of nitriles is 1. The molecule has 0 aliphatic rings. The van der Waals surface area contributed by atoms with Crippen molar-refractivity contribution in [3.05, 3.63) is 45.0 Å². The van der Waals surface area contributed by atoms with Crippen LogP contribution in [0.2, 0.25) is 0 Å². The summed E-state index contributed by atoms with van der Waals surface area (Å²) in [5.74, 6) is 0. The largest absolute Gasteiger partial charge is 0.277 e. The monoisotopic (exact) mass is 216 g/mol. The van der Waals surface area contributed by atoms with Gasteiger partial charge in [-0.05, 0) is 25.0 Å². The lowest BCUT2D eigenvalue weighted by Gasteiger charge is -2.03. The second kappa shape index (κ2) is 5.08. The lowest BCUT2D eigenvalue weighted by atomic mass is 10.0. The summed E-state index contributed by atoms with van der Waals surface area (Å²) in [6.07, 6.45) is 3.52. The normalized spacial score (nSPS) is 10.3. The van der Waals surface area contributed by atoms with Crippen molar-refractivity contribution in [3.63, 3.8) is 0 Å². The molecule has 0 spiro atoms. The Hall–Kier alpha value is -2.15. The lowest BCUT2D eigenvalue weighted by molar-refractivity contribution is -0.385. The van der Waals surface area contributed by atoms with Crippen molar-refractivity contribution in [2.75, 3.05) is 0 Å². The molecule has 16 heavy (non-hydrogen) atoms. The maximum absolute atomic E-state index is 10.9. The highest BCUT2D eigenvalue weighted by Crippen LogP contribution is 2.25. The van der Waals surface area contributed by atoms with Gasteiger partial charge in [0.2, 0.25) is 0 Å². The van der Waals surface area contributed by atoms with E-state index in [4.69, 9.17) is 5.26 Å². The first kappa shape index (κ1) is 11.9. The van der Waals surface area contributed by atoms with Crippen LogP contribution >= 0.6 is 0 Å². The summed E-state index contributed by atoms with van der Waals surface area (Å²) >= 11 is 0. The molecule has 0 aromatic heterocycles. The maximum atomic E-state index is 10.9. The van der Waals surface area contributed by atoms with Crippen molar-refractivity contribution in [2.45, 2.75) is 20.3 Å². The zero-order valence-corrected chi connectivity index (χ0v) is 9.23. The van der Waals surface area contributed by atoms with Crippen molar-refractivity contribution in [2.24, 2.45) is 0 Å². The van der Waals surface area contributed by atoms with Gasteiger partial charge in [-0.25, -0.2) is 0 Å². The molecular formula is C12H12N2O2. The second-order valence-corrected chi connectivity index (χ2v) is 3.54. The number of rotatable bonds is 3. The highest BCUT2D eigenvalue weighted by molar-refractivity contribution is 5.65. The van der Waals surface area contributed by atoms with E-state index in [-0.39, 0.29) is 12.1 Å². The first-order valence-corrected chi connectivity index (χ1v) is 4.85. The Kier molecular flexibility index (Phi) is 3.78. The minimum atomic E-state index is -0.397. The Morgan fingerprint density at radius 3 is 2.75 bits per heavy atom. The van der Waals surface area contributed by atoms with Crippen LogP contribution in [0.1, 0.15) is 23.1 Å². The molecule has 0 aliphatic carbocycles. The van der Waals surface area contributed by atoms with Gasteiger partial charge in [-0.15, -0.1) is 0 Å². The molecule has 1 aromatic carbocycles. The predicted octanol–water partition coefficient (Wildman–Crippen LogP) is 3.14. The number of nitro groups is 1. The fourth-order valence-electron chi connectivity index (χ4n) is 1.55. The molecule has 4 nitrogen and oxygen atoms in total. The average molecular weight is 216 g/mol. The zero-order chi connectivity index (χ0) is 12.1. The summed E-state index contributed by atoms with van der Waals surface area (Å²) in [7, 11) is 0. The van der Waals surface area contributed by atoms with Crippen LogP contribution in [0, 0.1) is 35.3 Å². The van der Waals surface area contributed by atoms with Crippen LogP contribution in [-0.2, 0) is 0 Å². The fraction of sp³-hybridized carbons (Fsp3) is 0.250. The third-order valence-electron chi connectivity index (χ3n) is 2.20. The molecule has 1 aromatic rings. The number of benzene rings is 1. The summed E-state index contributed by atoms with van der Waals surface area (Å²) in [4.78, 5) is 10.5. The highest BCUT2D eigenvalue weighted by atomic mass is 16.6. The molecule has 0 N–H and O–H groups in total. The predicted molar refractivity (Wildman–Crippen MR) is 61.8 cm³/mol. The van der Waals surface area contributed by atoms with E-state index in [1.54, 1.807) is 18.2 Å². The van der Waals surface area contributed by atoms with Crippen molar-refractivity contribution < 1.29 is 4.92 Å². The molecule has 1 rings (SSSR count). The molecule has 0 radical (unpaired) electrons. The number of nitrogens with zero attached hydrogens (tertiary/aromatic N) is 2.